The van der Waals surface area contributed by atoms with Gasteiger partial charge in [-0.05, 0) is 45.0 Å². The van der Waals surface area contributed by atoms with Gasteiger partial charge in [0.05, 0.1) is 17.3 Å². The standard InChI is InChI=1S/C28H33FN6O2Si/c1-18-22-26(34(27(36)28(22,2)3)17-37-14-15-38(4,5)6)32-24(31-18)23-20-11-9-13-30-25(20)35(33-23)16-19-10-7-8-12-21(19)29/h7-13H,14-17H2,1-6H3. The van der Waals surface area contributed by atoms with Crippen LogP contribution in [-0.2, 0) is 21.5 Å². The zero-order valence-electron chi connectivity index (χ0n) is 22.7. The van der Waals surface area contributed by atoms with Crippen LogP contribution in [0.3, 0.4) is 0 Å². The van der Waals surface area contributed by atoms with Gasteiger partial charge in [-0.15, -0.1) is 0 Å². The number of amides is 1. The summed E-state index contributed by atoms with van der Waals surface area (Å²) in [7, 11) is -1.26. The Morgan fingerprint density at radius 1 is 1.08 bits per heavy atom. The van der Waals surface area contributed by atoms with E-state index in [0.29, 0.717) is 40.8 Å². The molecule has 0 radical (unpaired) electrons. The smallest absolute Gasteiger partial charge is 0.240 e. The molecule has 0 fully saturated rings. The summed E-state index contributed by atoms with van der Waals surface area (Å²) in [5, 5.41) is 5.53. The molecule has 0 atom stereocenters. The maximum Gasteiger partial charge on any atom is 0.240 e. The quantitative estimate of drug-likeness (QED) is 0.226. The third-order valence-corrected chi connectivity index (χ3v) is 8.65. The molecular formula is C28H33FN6O2Si. The molecule has 0 N–H and O–H groups in total. The number of rotatable bonds is 8. The first kappa shape index (κ1) is 26.1. The highest BCUT2D eigenvalue weighted by Crippen LogP contribution is 2.43. The van der Waals surface area contributed by atoms with Crippen LogP contribution < -0.4 is 4.90 Å². The summed E-state index contributed by atoms with van der Waals surface area (Å²) in [6.45, 7) is 13.5. The van der Waals surface area contributed by atoms with E-state index in [0.717, 1.165) is 17.0 Å². The Morgan fingerprint density at radius 3 is 2.58 bits per heavy atom. The van der Waals surface area contributed by atoms with E-state index in [1.165, 1.54) is 6.07 Å². The molecule has 0 aliphatic carbocycles. The third-order valence-electron chi connectivity index (χ3n) is 6.94. The lowest BCUT2D eigenvalue weighted by Crippen LogP contribution is -2.38. The maximum absolute atomic E-state index is 14.4. The van der Waals surface area contributed by atoms with Gasteiger partial charge in [0.15, 0.2) is 11.5 Å². The number of aryl methyl sites for hydroxylation is 1. The molecule has 0 saturated heterocycles. The second-order valence-electron chi connectivity index (χ2n) is 11.5. The lowest BCUT2D eigenvalue weighted by atomic mass is 9.86. The Labute approximate surface area is 222 Å². The summed E-state index contributed by atoms with van der Waals surface area (Å²) in [6, 6.07) is 11.4. The second-order valence-corrected chi connectivity index (χ2v) is 17.1. The number of hydrogen-bond acceptors (Lipinski definition) is 6. The van der Waals surface area contributed by atoms with Crippen LogP contribution >= 0.6 is 0 Å². The highest BCUT2D eigenvalue weighted by molar-refractivity contribution is 6.76. The molecule has 0 spiro atoms. The number of benzene rings is 1. The van der Waals surface area contributed by atoms with E-state index in [1.807, 2.05) is 32.9 Å². The molecule has 0 saturated carbocycles. The van der Waals surface area contributed by atoms with E-state index in [9.17, 15) is 9.18 Å². The average molecular weight is 533 g/mol. The van der Waals surface area contributed by atoms with Crippen LogP contribution in [-0.4, -0.2) is 52.1 Å². The Hall–Kier alpha value is -3.50. The number of pyridine rings is 1. The molecule has 1 amide bonds. The molecule has 5 rings (SSSR count). The first-order valence-electron chi connectivity index (χ1n) is 12.8. The fourth-order valence-electron chi connectivity index (χ4n) is 4.86. The predicted octanol–water partition coefficient (Wildman–Crippen LogP) is 5.32. The first-order chi connectivity index (χ1) is 18.0. The van der Waals surface area contributed by atoms with Crippen LogP contribution in [0.1, 0.15) is 30.7 Å². The predicted molar refractivity (Wildman–Crippen MR) is 148 cm³/mol. The number of carbonyl (C=O) groups is 1. The minimum atomic E-state index is -1.26. The zero-order chi connectivity index (χ0) is 27.2. The third kappa shape index (κ3) is 4.74. The number of anilines is 1. The van der Waals surface area contributed by atoms with Crippen LogP contribution in [0.2, 0.25) is 25.7 Å². The topological polar surface area (TPSA) is 86.0 Å². The number of hydrogen-bond donors (Lipinski definition) is 0. The van der Waals surface area contributed by atoms with E-state index in [-0.39, 0.29) is 25.0 Å². The van der Waals surface area contributed by atoms with Crippen molar-refractivity contribution in [1.82, 2.24) is 24.7 Å². The monoisotopic (exact) mass is 532 g/mol. The molecule has 38 heavy (non-hydrogen) atoms. The van der Waals surface area contributed by atoms with Crippen molar-refractivity contribution in [3.05, 3.63) is 65.2 Å². The number of aromatic nitrogens is 5. The van der Waals surface area contributed by atoms with Crippen molar-refractivity contribution in [2.24, 2.45) is 0 Å². The molecule has 198 valence electrons. The molecule has 1 aliphatic heterocycles. The van der Waals surface area contributed by atoms with Gasteiger partial charge in [0.1, 0.15) is 24.1 Å². The first-order valence-corrected chi connectivity index (χ1v) is 16.5. The molecule has 1 aliphatic rings. The molecule has 3 aromatic heterocycles. The largest absolute Gasteiger partial charge is 0.361 e. The van der Waals surface area contributed by atoms with Gasteiger partial charge in [-0.2, -0.15) is 5.10 Å². The summed E-state index contributed by atoms with van der Waals surface area (Å²) in [5.41, 5.74) is 2.40. The van der Waals surface area contributed by atoms with Crippen LogP contribution in [0.15, 0.2) is 42.6 Å². The van der Waals surface area contributed by atoms with E-state index in [2.05, 4.69) is 24.6 Å². The van der Waals surface area contributed by atoms with Crippen LogP contribution in [0.25, 0.3) is 22.6 Å². The Kier molecular flexibility index (Phi) is 6.64. The fraction of sp³-hybridized carbons (Fsp3) is 0.393. The molecule has 8 nitrogen and oxygen atoms in total. The van der Waals surface area contributed by atoms with Crippen LogP contribution in [0.4, 0.5) is 10.2 Å². The molecule has 4 aromatic rings. The normalized spacial score (nSPS) is 14.9. The molecule has 4 heterocycles. The summed E-state index contributed by atoms with van der Waals surface area (Å²) >= 11 is 0. The number of nitrogens with zero attached hydrogens (tertiary/aromatic N) is 6. The molecular weight excluding hydrogens is 499 g/mol. The summed E-state index contributed by atoms with van der Waals surface area (Å²) in [5.74, 6) is 0.579. The van der Waals surface area contributed by atoms with Gasteiger partial charge < -0.3 is 4.74 Å². The lowest BCUT2D eigenvalue weighted by molar-refractivity contribution is -0.123. The van der Waals surface area contributed by atoms with Crippen molar-refractivity contribution >= 4 is 30.8 Å². The Morgan fingerprint density at radius 2 is 1.84 bits per heavy atom. The van der Waals surface area contributed by atoms with E-state index in [4.69, 9.17) is 19.8 Å². The summed E-state index contributed by atoms with van der Waals surface area (Å²) in [4.78, 5) is 29.2. The van der Waals surface area contributed by atoms with E-state index >= 15 is 0 Å². The molecule has 10 heteroatoms. The summed E-state index contributed by atoms with van der Waals surface area (Å²) < 4.78 is 22.1. The number of carbonyl (C=O) groups excluding carboxylic acids is 1. The van der Waals surface area contributed by atoms with Crippen molar-refractivity contribution in [3.63, 3.8) is 0 Å². The lowest BCUT2D eigenvalue weighted by Gasteiger charge is -2.21. The zero-order valence-corrected chi connectivity index (χ0v) is 23.7. The minimum Gasteiger partial charge on any atom is -0.361 e. The molecule has 0 bridgehead atoms. The van der Waals surface area contributed by atoms with Gasteiger partial charge >= 0.3 is 0 Å². The molecule has 1 aromatic carbocycles. The SMILES string of the molecule is Cc1nc(-c2nn(Cc3ccccc3F)c3ncccc23)nc2c1C(C)(C)C(=O)N2COCC[Si](C)(C)C. The number of halogens is 1. The maximum atomic E-state index is 14.4. The number of ether oxygens (including phenoxy) is 1. The van der Waals surface area contributed by atoms with Crippen molar-refractivity contribution in [3.8, 4) is 11.5 Å². The minimum absolute atomic E-state index is 0.0633. The van der Waals surface area contributed by atoms with Gasteiger partial charge in [-0.1, -0.05) is 37.8 Å². The Bertz CT molecular complexity index is 1530. The van der Waals surface area contributed by atoms with Crippen molar-refractivity contribution in [2.75, 3.05) is 18.2 Å². The van der Waals surface area contributed by atoms with Gasteiger partial charge in [0, 0.05) is 37.7 Å². The van der Waals surface area contributed by atoms with Gasteiger partial charge in [-0.25, -0.2) is 24.0 Å². The molecule has 0 unspecified atom stereocenters. The highest BCUT2D eigenvalue weighted by atomic mass is 28.3. The second kappa shape index (κ2) is 9.67. The Balaban J connectivity index is 1.55. The van der Waals surface area contributed by atoms with E-state index < -0.39 is 13.5 Å². The van der Waals surface area contributed by atoms with Crippen molar-refractivity contribution in [2.45, 2.75) is 58.4 Å². The van der Waals surface area contributed by atoms with Gasteiger partial charge in [0.25, 0.3) is 0 Å². The van der Waals surface area contributed by atoms with Gasteiger partial charge in [0.2, 0.25) is 5.91 Å². The van der Waals surface area contributed by atoms with E-state index in [1.54, 1.807) is 34.0 Å². The number of fused-ring (bicyclic) bond motifs is 2. The van der Waals surface area contributed by atoms with Crippen LogP contribution in [0, 0.1) is 12.7 Å². The van der Waals surface area contributed by atoms with Crippen molar-refractivity contribution in [1.29, 1.82) is 0 Å². The summed E-state index contributed by atoms with van der Waals surface area (Å²) in [6.07, 6.45) is 1.68. The fourth-order valence-corrected chi connectivity index (χ4v) is 5.61. The average Bonchev–Trinajstić information content (AvgIpc) is 3.31. The van der Waals surface area contributed by atoms with Gasteiger partial charge in [-0.3, -0.25) is 9.69 Å². The van der Waals surface area contributed by atoms with Crippen molar-refractivity contribution < 1.29 is 13.9 Å². The highest BCUT2D eigenvalue weighted by Gasteiger charge is 2.47. The van der Waals surface area contributed by atoms with Crippen LogP contribution in [0.5, 0.6) is 0 Å².